The smallest absolute Gasteiger partial charge is 0.0925 e. The number of ether oxygens (including phenoxy) is 2. The maximum atomic E-state index is 11.2. The van der Waals surface area contributed by atoms with Crippen molar-refractivity contribution in [3.8, 4) is 0 Å². The standard InChI is InChI=1S/C20H34O3/c1-12(2)13-7-10-19(4,21)16-14-11-18(3)8-6-9-20(5,23-18)17(22-14)15(13)16/h12-17,21H,6-11H2,1-5H3/t13-,14-,15-,16-,17-,18+,19-,20-/m1/s1. The fraction of sp³-hybridized carbons (Fsp3) is 1.00. The van der Waals surface area contributed by atoms with Crippen molar-refractivity contribution in [2.45, 2.75) is 102 Å². The fourth-order valence-corrected chi connectivity index (χ4v) is 6.68. The van der Waals surface area contributed by atoms with Crippen LogP contribution in [-0.2, 0) is 9.47 Å². The van der Waals surface area contributed by atoms with E-state index in [0.29, 0.717) is 17.8 Å². The molecular weight excluding hydrogens is 288 g/mol. The van der Waals surface area contributed by atoms with E-state index in [2.05, 4.69) is 34.6 Å². The van der Waals surface area contributed by atoms with E-state index in [0.717, 1.165) is 32.1 Å². The Labute approximate surface area is 141 Å². The SMILES string of the molecule is CC(C)[C@H]1CC[C@@](C)(O)[C@H]2[C@@H]1[C@H]1O[C@@H]2C[C@]2(C)CCC[C@@]1(C)O2. The number of aliphatic hydroxyl groups is 1. The van der Waals surface area contributed by atoms with E-state index in [4.69, 9.17) is 9.47 Å². The Bertz CT molecular complexity index is 487. The lowest BCUT2D eigenvalue weighted by atomic mass is 9.56. The molecule has 3 aliphatic heterocycles. The predicted molar refractivity (Wildman–Crippen MR) is 90.2 cm³/mol. The summed E-state index contributed by atoms with van der Waals surface area (Å²) in [6, 6.07) is 0. The average molecular weight is 322 g/mol. The van der Waals surface area contributed by atoms with Gasteiger partial charge < -0.3 is 14.6 Å². The van der Waals surface area contributed by atoms with E-state index in [1.165, 1.54) is 6.42 Å². The van der Waals surface area contributed by atoms with Gasteiger partial charge in [-0.05, 0) is 70.6 Å². The van der Waals surface area contributed by atoms with E-state index >= 15 is 0 Å². The lowest BCUT2D eigenvalue weighted by Crippen LogP contribution is -2.59. The van der Waals surface area contributed by atoms with Gasteiger partial charge in [-0.15, -0.1) is 0 Å². The summed E-state index contributed by atoms with van der Waals surface area (Å²) in [5.41, 5.74) is -0.839. The highest BCUT2D eigenvalue weighted by molar-refractivity contribution is 5.14. The molecule has 4 aliphatic rings. The minimum absolute atomic E-state index is 0.0712. The molecule has 0 spiro atoms. The average Bonchev–Trinajstić information content (AvgIpc) is 2.75. The first-order valence-electron chi connectivity index (χ1n) is 9.73. The van der Waals surface area contributed by atoms with Crippen molar-refractivity contribution in [3.05, 3.63) is 0 Å². The first kappa shape index (κ1) is 16.4. The van der Waals surface area contributed by atoms with Crippen molar-refractivity contribution < 1.29 is 14.6 Å². The largest absolute Gasteiger partial charge is 0.390 e. The summed E-state index contributed by atoms with van der Waals surface area (Å²) in [7, 11) is 0. The molecule has 3 nitrogen and oxygen atoms in total. The first-order chi connectivity index (χ1) is 10.7. The van der Waals surface area contributed by atoms with Crippen molar-refractivity contribution in [3.63, 3.8) is 0 Å². The zero-order chi connectivity index (χ0) is 16.6. The Morgan fingerprint density at radius 3 is 2.52 bits per heavy atom. The molecule has 0 aromatic heterocycles. The van der Waals surface area contributed by atoms with Crippen LogP contribution in [0.3, 0.4) is 0 Å². The van der Waals surface area contributed by atoms with Gasteiger partial charge in [0.05, 0.1) is 29.0 Å². The van der Waals surface area contributed by atoms with E-state index < -0.39 is 5.60 Å². The number of rotatable bonds is 1. The molecule has 4 fully saturated rings. The molecule has 0 aromatic carbocycles. The topological polar surface area (TPSA) is 38.7 Å². The summed E-state index contributed by atoms with van der Waals surface area (Å²) in [4.78, 5) is 0. The van der Waals surface area contributed by atoms with Crippen LogP contribution in [0.1, 0.15) is 73.1 Å². The van der Waals surface area contributed by atoms with Crippen LogP contribution in [0.5, 0.6) is 0 Å². The van der Waals surface area contributed by atoms with Crippen LogP contribution in [0.4, 0.5) is 0 Å². The third-order valence-corrected chi connectivity index (χ3v) is 7.63. The Hall–Kier alpha value is -0.120. The van der Waals surface area contributed by atoms with Crippen molar-refractivity contribution in [1.82, 2.24) is 0 Å². The van der Waals surface area contributed by atoms with Gasteiger partial charge >= 0.3 is 0 Å². The van der Waals surface area contributed by atoms with Gasteiger partial charge in [-0.1, -0.05) is 13.8 Å². The summed E-state index contributed by atoms with van der Waals surface area (Å²) in [5.74, 6) is 1.99. The highest BCUT2D eigenvalue weighted by Crippen LogP contribution is 2.60. The second-order valence-electron chi connectivity index (χ2n) is 9.92. The van der Waals surface area contributed by atoms with Gasteiger partial charge in [0.25, 0.3) is 0 Å². The zero-order valence-corrected chi connectivity index (χ0v) is 15.5. The maximum Gasteiger partial charge on any atom is 0.0925 e. The van der Waals surface area contributed by atoms with E-state index in [9.17, 15) is 5.11 Å². The Morgan fingerprint density at radius 1 is 1.09 bits per heavy atom. The lowest BCUT2D eigenvalue weighted by Gasteiger charge is -2.54. The number of fused-ring (bicyclic) bond motifs is 8. The third kappa shape index (κ3) is 2.33. The van der Waals surface area contributed by atoms with Crippen molar-refractivity contribution in [2.75, 3.05) is 0 Å². The lowest BCUT2D eigenvalue weighted by molar-refractivity contribution is -0.216. The Kier molecular flexibility index (Phi) is 3.52. The van der Waals surface area contributed by atoms with Crippen molar-refractivity contribution in [2.24, 2.45) is 23.7 Å². The van der Waals surface area contributed by atoms with Crippen LogP contribution in [-0.4, -0.2) is 34.1 Å². The minimum Gasteiger partial charge on any atom is -0.390 e. The molecule has 4 bridgehead atoms. The Morgan fingerprint density at radius 2 is 1.83 bits per heavy atom. The third-order valence-electron chi connectivity index (χ3n) is 7.63. The van der Waals surface area contributed by atoms with Crippen LogP contribution < -0.4 is 0 Å². The highest BCUT2D eigenvalue weighted by atomic mass is 16.6. The molecule has 0 amide bonds. The van der Waals surface area contributed by atoms with Crippen LogP contribution in [0, 0.1) is 23.7 Å². The van der Waals surface area contributed by atoms with E-state index in [-0.39, 0.29) is 29.3 Å². The zero-order valence-electron chi connectivity index (χ0n) is 15.5. The van der Waals surface area contributed by atoms with Crippen LogP contribution in [0.25, 0.3) is 0 Å². The minimum atomic E-state index is -0.589. The van der Waals surface area contributed by atoms with Gasteiger partial charge in [0, 0.05) is 12.3 Å². The molecule has 3 heteroatoms. The quantitative estimate of drug-likeness (QED) is 0.795. The normalized spacial score (nSPS) is 58.8. The number of hydrogen-bond acceptors (Lipinski definition) is 3. The molecule has 4 rings (SSSR count). The van der Waals surface area contributed by atoms with E-state index in [1.54, 1.807) is 0 Å². The second-order valence-corrected chi connectivity index (χ2v) is 9.92. The second kappa shape index (κ2) is 4.95. The van der Waals surface area contributed by atoms with Gasteiger partial charge in [-0.3, -0.25) is 0 Å². The molecule has 1 saturated carbocycles. The van der Waals surface area contributed by atoms with Gasteiger partial charge in [-0.2, -0.15) is 0 Å². The fourth-order valence-electron chi connectivity index (χ4n) is 6.68. The molecule has 3 saturated heterocycles. The molecule has 0 radical (unpaired) electrons. The molecule has 8 atom stereocenters. The molecule has 3 heterocycles. The summed E-state index contributed by atoms with van der Waals surface area (Å²) < 4.78 is 13.4. The maximum absolute atomic E-state index is 11.2. The molecule has 0 unspecified atom stereocenters. The van der Waals surface area contributed by atoms with Gasteiger partial charge in [0.2, 0.25) is 0 Å². The highest BCUT2D eigenvalue weighted by Gasteiger charge is 2.65. The monoisotopic (exact) mass is 322 g/mol. The first-order valence-corrected chi connectivity index (χ1v) is 9.73. The molecule has 1 aliphatic carbocycles. The van der Waals surface area contributed by atoms with Crippen molar-refractivity contribution >= 4 is 0 Å². The molecule has 1 N–H and O–H groups in total. The molecular formula is C20H34O3. The van der Waals surface area contributed by atoms with Gasteiger partial charge in [0.15, 0.2) is 0 Å². The van der Waals surface area contributed by atoms with E-state index in [1.807, 2.05) is 0 Å². The summed E-state index contributed by atoms with van der Waals surface area (Å²) in [6.45, 7) is 11.3. The van der Waals surface area contributed by atoms with Gasteiger partial charge in [0.1, 0.15) is 0 Å². The molecule has 0 aromatic rings. The molecule has 23 heavy (non-hydrogen) atoms. The van der Waals surface area contributed by atoms with Crippen LogP contribution in [0.2, 0.25) is 0 Å². The van der Waals surface area contributed by atoms with Crippen LogP contribution >= 0.6 is 0 Å². The summed E-state index contributed by atoms with van der Waals surface area (Å²) >= 11 is 0. The van der Waals surface area contributed by atoms with Crippen molar-refractivity contribution in [1.29, 1.82) is 0 Å². The molecule has 132 valence electrons. The predicted octanol–water partition coefficient (Wildman–Crippen LogP) is 3.92. The summed E-state index contributed by atoms with van der Waals surface area (Å²) in [6.07, 6.45) is 6.74. The Balaban J connectivity index is 1.78. The van der Waals surface area contributed by atoms with Crippen LogP contribution in [0.15, 0.2) is 0 Å². The number of hydrogen-bond donors (Lipinski definition) is 1. The van der Waals surface area contributed by atoms with Gasteiger partial charge in [-0.25, -0.2) is 0 Å². The summed E-state index contributed by atoms with van der Waals surface area (Å²) in [5, 5.41) is 11.2.